The van der Waals surface area contributed by atoms with E-state index < -0.39 is 10.0 Å². The number of amides is 1. The second kappa shape index (κ2) is 8.58. The lowest BCUT2D eigenvalue weighted by Gasteiger charge is -2.31. The van der Waals surface area contributed by atoms with Crippen LogP contribution >= 0.6 is 22.7 Å². The summed E-state index contributed by atoms with van der Waals surface area (Å²) in [5, 5.41) is 8.77. The number of sulfonamides is 1. The van der Waals surface area contributed by atoms with Crippen LogP contribution in [0.15, 0.2) is 33.0 Å². The van der Waals surface area contributed by atoms with Crippen LogP contribution in [0.1, 0.15) is 28.5 Å². The summed E-state index contributed by atoms with van der Waals surface area (Å²) in [7, 11) is -3.72. The molecular formula is C19H22N4O4S3. The van der Waals surface area contributed by atoms with E-state index in [0.717, 1.165) is 4.88 Å². The van der Waals surface area contributed by atoms with Crippen LogP contribution in [-0.4, -0.2) is 41.9 Å². The minimum absolute atomic E-state index is 0.103. The van der Waals surface area contributed by atoms with E-state index in [9.17, 15) is 13.2 Å². The summed E-state index contributed by atoms with van der Waals surface area (Å²) in [6.45, 7) is 4.51. The third-order valence-electron chi connectivity index (χ3n) is 5.01. The average Bonchev–Trinajstić information content (AvgIpc) is 3.47. The predicted octanol–water partition coefficient (Wildman–Crippen LogP) is 3.19. The summed E-state index contributed by atoms with van der Waals surface area (Å²) in [5.41, 5.74) is 0. The molecule has 3 aromatic heterocycles. The highest BCUT2D eigenvalue weighted by Gasteiger charge is 2.35. The van der Waals surface area contributed by atoms with Crippen molar-refractivity contribution >= 4 is 38.6 Å². The molecule has 1 aliphatic heterocycles. The smallest absolute Gasteiger partial charge is 0.244 e. The number of nitrogens with one attached hydrogen (secondary N) is 1. The van der Waals surface area contributed by atoms with E-state index in [-0.39, 0.29) is 23.3 Å². The number of carbonyl (C=O) groups excluding carboxylic acids is 1. The van der Waals surface area contributed by atoms with Gasteiger partial charge in [0, 0.05) is 29.8 Å². The molecule has 4 heterocycles. The van der Waals surface area contributed by atoms with Gasteiger partial charge in [-0.15, -0.1) is 22.7 Å². The molecule has 0 aromatic carbocycles. The van der Waals surface area contributed by atoms with Gasteiger partial charge < -0.3 is 9.84 Å². The molecule has 30 heavy (non-hydrogen) atoms. The highest BCUT2D eigenvalue weighted by atomic mass is 32.2. The van der Waals surface area contributed by atoms with E-state index >= 15 is 0 Å². The summed E-state index contributed by atoms with van der Waals surface area (Å²) in [4.78, 5) is 19.4. The van der Waals surface area contributed by atoms with Gasteiger partial charge in [0.05, 0.1) is 22.2 Å². The van der Waals surface area contributed by atoms with Crippen molar-refractivity contribution in [3.05, 3.63) is 39.2 Å². The van der Waals surface area contributed by atoms with E-state index in [0.29, 0.717) is 47.4 Å². The highest BCUT2D eigenvalue weighted by molar-refractivity contribution is 7.89. The SMILES string of the molecule is Cc1nc(-c2cc(S(=O)(=O)N3CCCC(C(=O)NCc4cccs4)C3)c(C)s2)no1. The van der Waals surface area contributed by atoms with Gasteiger partial charge in [-0.25, -0.2) is 8.42 Å². The van der Waals surface area contributed by atoms with Crippen molar-refractivity contribution in [1.82, 2.24) is 19.8 Å². The Balaban J connectivity index is 1.48. The van der Waals surface area contributed by atoms with Crippen LogP contribution in [0.3, 0.4) is 0 Å². The summed E-state index contributed by atoms with van der Waals surface area (Å²) in [6, 6.07) is 5.50. The first kappa shape index (κ1) is 21.2. The molecule has 1 N–H and O–H groups in total. The molecule has 3 aromatic rings. The first-order valence-electron chi connectivity index (χ1n) is 9.56. The molecule has 1 atom stereocenters. The molecule has 0 spiro atoms. The van der Waals surface area contributed by atoms with Crippen molar-refractivity contribution in [2.24, 2.45) is 5.92 Å². The van der Waals surface area contributed by atoms with Gasteiger partial charge in [0.25, 0.3) is 0 Å². The number of hydrogen-bond donors (Lipinski definition) is 1. The van der Waals surface area contributed by atoms with Crippen molar-refractivity contribution in [3.63, 3.8) is 0 Å². The van der Waals surface area contributed by atoms with Gasteiger partial charge in [-0.1, -0.05) is 11.2 Å². The predicted molar refractivity (Wildman–Crippen MR) is 115 cm³/mol. The van der Waals surface area contributed by atoms with Crippen LogP contribution in [0.2, 0.25) is 0 Å². The topological polar surface area (TPSA) is 105 Å². The fourth-order valence-electron chi connectivity index (χ4n) is 3.48. The summed E-state index contributed by atoms with van der Waals surface area (Å²) in [5.74, 6) is 0.347. The first-order chi connectivity index (χ1) is 14.3. The van der Waals surface area contributed by atoms with Crippen molar-refractivity contribution in [2.45, 2.75) is 38.1 Å². The van der Waals surface area contributed by atoms with Crippen LogP contribution in [0.4, 0.5) is 0 Å². The molecule has 1 amide bonds. The van der Waals surface area contributed by atoms with Gasteiger partial charge in [0.2, 0.25) is 27.6 Å². The Kier molecular flexibility index (Phi) is 6.05. The fraction of sp³-hybridized carbons (Fsp3) is 0.421. The monoisotopic (exact) mass is 466 g/mol. The molecule has 0 bridgehead atoms. The van der Waals surface area contributed by atoms with E-state index in [4.69, 9.17) is 4.52 Å². The number of aromatic nitrogens is 2. The van der Waals surface area contributed by atoms with Crippen molar-refractivity contribution in [3.8, 4) is 10.7 Å². The van der Waals surface area contributed by atoms with Crippen LogP contribution in [0.25, 0.3) is 10.7 Å². The van der Waals surface area contributed by atoms with Gasteiger partial charge in [-0.05, 0) is 37.3 Å². The van der Waals surface area contributed by atoms with Gasteiger partial charge in [0.1, 0.15) is 0 Å². The number of rotatable bonds is 6. The van der Waals surface area contributed by atoms with Crippen molar-refractivity contribution in [1.29, 1.82) is 0 Å². The van der Waals surface area contributed by atoms with E-state index in [1.54, 1.807) is 31.3 Å². The van der Waals surface area contributed by atoms with Crippen molar-refractivity contribution < 1.29 is 17.7 Å². The Morgan fingerprint density at radius 3 is 2.93 bits per heavy atom. The fourth-order valence-corrected chi connectivity index (χ4v) is 7.13. The number of nitrogens with zero attached hydrogens (tertiary/aromatic N) is 3. The second-order valence-corrected chi connectivity index (χ2v) is 11.4. The Bertz CT molecular complexity index is 1130. The van der Waals surface area contributed by atoms with Gasteiger partial charge >= 0.3 is 0 Å². The molecule has 4 rings (SSSR count). The number of thiophene rings is 2. The molecular weight excluding hydrogens is 444 g/mol. The molecule has 8 nitrogen and oxygen atoms in total. The quantitative estimate of drug-likeness (QED) is 0.598. The van der Waals surface area contributed by atoms with Crippen molar-refractivity contribution in [2.75, 3.05) is 13.1 Å². The van der Waals surface area contributed by atoms with E-state index in [2.05, 4.69) is 15.5 Å². The molecule has 1 fully saturated rings. The zero-order valence-corrected chi connectivity index (χ0v) is 19.1. The average molecular weight is 467 g/mol. The Labute approximate surface area is 183 Å². The molecule has 1 saturated heterocycles. The lowest BCUT2D eigenvalue weighted by atomic mass is 9.99. The first-order valence-corrected chi connectivity index (χ1v) is 12.7. The molecule has 1 aliphatic rings. The van der Waals surface area contributed by atoms with E-state index in [1.165, 1.54) is 15.6 Å². The largest absolute Gasteiger partial charge is 0.351 e. The number of carbonyl (C=O) groups is 1. The van der Waals surface area contributed by atoms with Crippen LogP contribution in [0, 0.1) is 19.8 Å². The third-order valence-corrected chi connectivity index (χ3v) is 9.05. The maximum absolute atomic E-state index is 13.3. The van der Waals surface area contributed by atoms with Gasteiger partial charge in [-0.2, -0.15) is 9.29 Å². The van der Waals surface area contributed by atoms with Gasteiger partial charge in [-0.3, -0.25) is 4.79 Å². The Morgan fingerprint density at radius 1 is 1.40 bits per heavy atom. The second-order valence-electron chi connectivity index (χ2n) is 7.17. The maximum atomic E-state index is 13.3. The van der Waals surface area contributed by atoms with Crippen LogP contribution < -0.4 is 5.32 Å². The molecule has 0 saturated carbocycles. The van der Waals surface area contributed by atoms with Gasteiger partial charge in [0.15, 0.2) is 0 Å². The summed E-state index contributed by atoms with van der Waals surface area (Å²) in [6.07, 6.45) is 1.33. The zero-order chi connectivity index (χ0) is 21.3. The van der Waals surface area contributed by atoms with E-state index in [1.807, 2.05) is 17.5 Å². The third kappa shape index (κ3) is 4.34. The molecule has 0 aliphatic carbocycles. The minimum atomic E-state index is -3.72. The lowest BCUT2D eigenvalue weighted by Crippen LogP contribution is -2.45. The molecule has 0 radical (unpaired) electrons. The molecule has 1 unspecified atom stereocenters. The zero-order valence-electron chi connectivity index (χ0n) is 16.6. The Morgan fingerprint density at radius 2 is 2.23 bits per heavy atom. The molecule has 160 valence electrons. The van der Waals surface area contributed by atoms with Crippen LogP contribution in [0.5, 0.6) is 0 Å². The normalized spacial score (nSPS) is 17.9. The number of aryl methyl sites for hydroxylation is 2. The lowest BCUT2D eigenvalue weighted by molar-refractivity contribution is -0.126. The number of hydrogen-bond acceptors (Lipinski definition) is 8. The molecule has 11 heteroatoms. The number of piperidine rings is 1. The highest BCUT2D eigenvalue weighted by Crippen LogP contribution is 2.34. The van der Waals surface area contributed by atoms with Crippen LogP contribution in [-0.2, 0) is 21.4 Å². The summed E-state index contributed by atoms with van der Waals surface area (Å²) < 4.78 is 33.0. The summed E-state index contributed by atoms with van der Waals surface area (Å²) >= 11 is 2.90. The minimum Gasteiger partial charge on any atom is -0.351 e. The maximum Gasteiger partial charge on any atom is 0.244 e. The Hall–Kier alpha value is -2.08. The standard InChI is InChI=1S/C19H22N4O4S3/c1-12-17(9-16(29-12)18-21-13(2)27-22-18)30(25,26)23-7-3-5-14(11-23)19(24)20-10-15-6-4-8-28-15/h4,6,8-9,14H,3,5,7,10-11H2,1-2H3,(H,20,24).